The lowest BCUT2D eigenvalue weighted by Crippen LogP contribution is -2.11. The van der Waals surface area contributed by atoms with Crippen LogP contribution in [0, 0.1) is 0 Å². The van der Waals surface area contributed by atoms with Crippen molar-refractivity contribution in [2.24, 2.45) is 0 Å². The Morgan fingerprint density at radius 2 is 2.08 bits per heavy atom. The third kappa shape index (κ3) is 2.47. The Morgan fingerprint density at radius 1 is 1.38 bits per heavy atom. The molecule has 1 aromatic carbocycles. The van der Waals surface area contributed by atoms with E-state index in [0.717, 1.165) is 11.3 Å². The van der Waals surface area contributed by atoms with E-state index in [1.165, 1.54) is 0 Å². The highest BCUT2D eigenvalue weighted by atomic mass is 16.5. The maximum Gasteiger partial charge on any atom is 0.293 e. The van der Waals surface area contributed by atoms with Crippen LogP contribution >= 0.6 is 0 Å². The maximum atomic E-state index is 10.0. The zero-order valence-electron chi connectivity index (χ0n) is 7.86. The van der Waals surface area contributed by atoms with Crippen LogP contribution in [0.5, 0.6) is 0 Å². The fraction of sp³-hybridized carbons (Fsp3) is 0.300. The number of para-hydroxylation sites is 1. The molecule has 0 saturated carbocycles. The predicted octanol–water partition coefficient (Wildman–Crippen LogP) is 1.43. The van der Waals surface area contributed by atoms with E-state index in [1.807, 2.05) is 43.3 Å². The molecule has 0 aromatic heterocycles. The van der Waals surface area contributed by atoms with E-state index >= 15 is 0 Å². The molecule has 0 bridgehead atoms. The Kier molecular flexibility index (Phi) is 3.31. The summed E-state index contributed by atoms with van der Waals surface area (Å²) in [4.78, 5) is 12.0. The van der Waals surface area contributed by atoms with Crippen molar-refractivity contribution in [3.8, 4) is 0 Å². The van der Waals surface area contributed by atoms with Crippen LogP contribution in [0.1, 0.15) is 5.56 Å². The smallest absolute Gasteiger partial charge is 0.293 e. The van der Waals surface area contributed by atoms with E-state index in [4.69, 9.17) is 4.74 Å². The minimum absolute atomic E-state index is 0.331. The third-order valence-corrected chi connectivity index (χ3v) is 1.78. The third-order valence-electron chi connectivity index (χ3n) is 1.78. The predicted molar refractivity (Wildman–Crippen MR) is 51.6 cm³/mol. The summed E-state index contributed by atoms with van der Waals surface area (Å²) >= 11 is 0. The van der Waals surface area contributed by atoms with E-state index in [9.17, 15) is 4.79 Å². The Labute approximate surface area is 77.9 Å². The normalized spacial score (nSPS) is 9.38. The Morgan fingerprint density at radius 3 is 2.69 bits per heavy atom. The minimum atomic E-state index is 0.331. The highest BCUT2D eigenvalue weighted by Crippen LogP contribution is 2.18. The molecule has 0 aliphatic rings. The van der Waals surface area contributed by atoms with Crippen LogP contribution in [0.4, 0.5) is 5.69 Å². The van der Waals surface area contributed by atoms with Gasteiger partial charge in [0.1, 0.15) is 6.61 Å². The first-order valence-corrected chi connectivity index (χ1v) is 4.06. The molecule has 0 N–H and O–H groups in total. The molecule has 0 fully saturated rings. The zero-order chi connectivity index (χ0) is 9.68. The molecule has 3 nitrogen and oxygen atoms in total. The van der Waals surface area contributed by atoms with Gasteiger partial charge in [0, 0.05) is 25.3 Å². The fourth-order valence-corrected chi connectivity index (χ4v) is 1.19. The number of carbonyl (C=O) groups is 1. The number of hydrogen-bond acceptors (Lipinski definition) is 3. The number of rotatable bonds is 4. The molecule has 13 heavy (non-hydrogen) atoms. The van der Waals surface area contributed by atoms with Gasteiger partial charge in [-0.05, 0) is 6.07 Å². The lowest BCUT2D eigenvalue weighted by Gasteiger charge is -2.16. The van der Waals surface area contributed by atoms with E-state index < -0.39 is 0 Å². The van der Waals surface area contributed by atoms with Crippen LogP contribution < -0.4 is 4.90 Å². The highest BCUT2D eigenvalue weighted by Gasteiger charge is 2.02. The largest absolute Gasteiger partial charge is 0.463 e. The second-order valence-electron chi connectivity index (χ2n) is 2.93. The number of ether oxygens (including phenoxy) is 1. The van der Waals surface area contributed by atoms with Gasteiger partial charge in [-0.15, -0.1) is 0 Å². The monoisotopic (exact) mass is 179 g/mol. The number of nitrogens with zero attached hydrogens (tertiary/aromatic N) is 1. The summed E-state index contributed by atoms with van der Waals surface area (Å²) in [7, 11) is 3.92. The molecular formula is C10H13NO2. The molecule has 0 aliphatic carbocycles. The minimum Gasteiger partial charge on any atom is -0.463 e. The van der Waals surface area contributed by atoms with E-state index in [2.05, 4.69) is 0 Å². The molecule has 0 radical (unpaired) electrons. The van der Waals surface area contributed by atoms with Crippen LogP contribution in [-0.4, -0.2) is 20.6 Å². The quantitative estimate of drug-likeness (QED) is 0.655. The van der Waals surface area contributed by atoms with Crippen LogP contribution in [-0.2, 0) is 16.1 Å². The molecule has 3 heteroatoms. The van der Waals surface area contributed by atoms with E-state index in [-0.39, 0.29) is 0 Å². The Hall–Kier alpha value is -1.51. The summed E-state index contributed by atoms with van der Waals surface area (Å²) in [6.07, 6.45) is 0. The maximum absolute atomic E-state index is 10.0. The van der Waals surface area contributed by atoms with Crippen molar-refractivity contribution in [1.82, 2.24) is 0 Å². The van der Waals surface area contributed by atoms with Crippen LogP contribution in [0.2, 0.25) is 0 Å². The first-order valence-electron chi connectivity index (χ1n) is 4.06. The van der Waals surface area contributed by atoms with E-state index in [1.54, 1.807) is 0 Å². The van der Waals surface area contributed by atoms with Gasteiger partial charge in [0.2, 0.25) is 0 Å². The average molecular weight is 179 g/mol. The van der Waals surface area contributed by atoms with Crippen molar-refractivity contribution in [2.75, 3.05) is 19.0 Å². The second kappa shape index (κ2) is 4.50. The Bertz CT molecular complexity index is 284. The summed E-state index contributed by atoms with van der Waals surface area (Å²) in [5.74, 6) is 0. The van der Waals surface area contributed by atoms with Gasteiger partial charge >= 0.3 is 0 Å². The van der Waals surface area contributed by atoms with Crippen LogP contribution in [0.15, 0.2) is 24.3 Å². The van der Waals surface area contributed by atoms with Gasteiger partial charge in [-0.25, -0.2) is 0 Å². The summed E-state index contributed by atoms with van der Waals surface area (Å²) in [6, 6.07) is 7.82. The van der Waals surface area contributed by atoms with Gasteiger partial charge < -0.3 is 9.64 Å². The van der Waals surface area contributed by atoms with Crippen molar-refractivity contribution in [2.45, 2.75) is 6.61 Å². The first kappa shape index (κ1) is 9.58. The van der Waals surface area contributed by atoms with Gasteiger partial charge in [-0.1, -0.05) is 18.2 Å². The standard InChI is InChI=1S/C10H13NO2/c1-11(2)10-6-4-3-5-9(10)7-13-8-12/h3-6,8H,7H2,1-2H3. The average Bonchev–Trinajstić information content (AvgIpc) is 2.15. The number of anilines is 1. The van der Waals surface area contributed by atoms with Crippen LogP contribution in [0.25, 0.3) is 0 Å². The molecule has 70 valence electrons. The Balaban J connectivity index is 2.84. The number of carbonyl (C=O) groups excluding carboxylic acids is 1. The second-order valence-corrected chi connectivity index (χ2v) is 2.93. The van der Waals surface area contributed by atoms with Gasteiger partial charge in [0.25, 0.3) is 6.47 Å². The molecule has 0 spiro atoms. The SMILES string of the molecule is CN(C)c1ccccc1COC=O. The van der Waals surface area contributed by atoms with Crippen molar-refractivity contribution >= 4 is 12.2 Å². The van der Waals surface area contributed by atoms with Crippen molar-refractivity contribution in [3.05, 3.63) is 29.8 Å². The van der Waals surface area contributed by atoms with Gasteiger partial charge in [-0.3, -0.25) is 4.79 Å². The lowest BCUT2D eigenvalue weighted by atomic mass is 10.2. The van der Waals surface area contributed by atoms with Gasteiger partial charge in [-0.2, -0.15) is 0 Å². The molecule has 1 aromatic rings. The van der Waals surface area contributed by atoms with Crippen LogP contribution in [0.3, 0.4) is 0 Å². The highest BCUT2D eigenvalue weighted by molar-refractivity contribution is 5.52. The number of benzene rings is 1. The van der Waals surface area contributed by atoms with Gasteiger partial charge in [0.15, 0.2) is 0 Å². The van der Waals surface area contributed by atoms with Crippen molar-refractivity contribution in [1.29, 1.82) is 0 Å². The van der Waals surface area contributed by atoms with Crippen molar-refractivity contribution in [3.63, 3.8) is 0 Å². The molecule has 1 rings (SSSR count). The summed E-state index contributed by atoms with van der Waals surface area (Å²) in [6.45, 7) is 0.796. The lowest BCUT2D eigenvalue weighted by molar-refractivity contribution is -0.129. The summed E-state index contributed by atoms with van der Waals surface area (Å²) < 4.78 is 4.70. The van der Waals surface area contributed by atoms with E-state index in [0.29, 0.717) is 13.1 Å². The molecular weight excluding hydrogens is 166 g/mol. The summed E-state index contributed by atoms with van der Waals surface area (Å²) in [5, 5.41) is 0. The summed E-state index contributed by atoms with van der Waals surface area (Å²) in [5.41, 5.74) is 2.09. The molecule has 0 amide bonds. The zero-order valence-corrected chi connectivity index (χ0v) is 7.86. The van der Waals surface area contributed by atoms with Gasteiger partial charge in [0.05, 0.1) is 0 Å². The molecule has 0 aliphatic heterocycles. The number of hydrogen-bond donors (Lipinski definition) is 0. The molecule has 0 saturated heterocycles. The molecule has 0 heterocycles. The fourth-order valence-electron chi connectivity index (χ4n) is 1.19. The topological polar surface area (TPSA) is 29.5 Å². The first-order chi connectivity index (χ1) is 6.25. The van der Waals surface area contributed by atoms with Crippen molar-refractivity contribution < 1.29 is 9.53 Å². The molecule has 0 atom stereocenters. The molecule has 0 unspecified atom stereocenters.